The molecule has 166 valence electrons. The van der Waals surface area contributed by atoms with Gasteiger partial charge in [-0.1, -0.05) is 0 Å². The molecule has 1 N–H and O–H groups in total. The number of likely N-dealkylation sites (tertiary alicyclic amines) is 1. The molecule has 3 heterocycles. The van der Waals surface area contributed by atoms with Gasteiger partial charge in [0.15, 0.2) is 5.75 Å². The van der Waals surface area contributed by atoms with E-state index in [1.807, 2.05) is 37.9 Å². The van der Waals surface area contributed by atoms with Crippen LogP contribution in [0, 0.1) is 25.7 Å². The lowest BCUT2D eigenvalue weighted by atomic mass is 9.88. The number of hydrogen-bond acceptors (Lipinski definition) is 7. The summed E-state index contributed by atoms with van der Waals surface area (Å²) in [7, 11) is 4.00. The number of carbonyl (C=O) groups is 2. The zero-order valence-corrected chi connectivity index (χ0v) is 18.4. The highest BCUT2D eigenvalue weighted by molar-refractivity contribution is 5.77. The molecule has 1 aliphatic carbocycles. The molecule has 2 aromatic rings. The van der Waals surface area contributed by atoms with Crippen molar-refractivity contribution in [3.8, 4) is 11.6 Å². The predicted octanol–water partition coefficient (Wildman–Crippen LogP) is 2.67. The number of piperidine rings is 1. The lowest BCUT2D eigenvalue weighted by Crippen LogP contribution is -2.39. The fourth-order valence-corrected chi connectivity index (χ4v) is 4.54. The summed E-state index contributed by atoms with van der Waals surface area (Å²) in [6, 6.07) is 4.11. The Bertz CT molecular complexity index is 938. The fourth-order valence-electron chi connectivity index (χ4n) is 4.54. The lowest BCUT2D eigenvalue weighted by molar-refractivity contribution is -0.135. The van der Waals surface area contributed by atoms with Crippen LogP contribution in [0.25, 0.3) is 0 Å². The number of hydrogen-bond donors (Lipinski definition) is 1. The van der Waals surface area contributed by atoms with Crippen molar-refractivity contribution < 1.29 is 19.4 Å². The van der Waals surface area contributed by atoms with Crippen molar-refractivity contribution in [3.05, 3.63) is 35.9 Å². The van der Waals surface area contributed by atoms with Gasteiger partial charge in [-0.25, -0.2) is 9.97 Å². The van der Waals surface area contributed by atoms with Crippen LogP contribution in [0.3, 0.4) is 0 Å². The molecule has 0 radical (unpaired) electrons. The maximum Gasteiger partial charge on any atom is 0.290 e. The number of anilines is 1. The van der Waals surface area contributed by atoms with Crippen molar-refractivity contribution in [3.63, 3.8) is 0 Å². The average molecular weight is 428 g/mol. The Balaban J connectivity index is 0.000000858. The fraction of sp³-hybridized carbons (Fsp3) is 0.500. The minimum atomic E-state index is -0.250. The Morgan fingerprint density at radius 3 is 2.65 bits per heavy atom. The molecule has 0 aromatic carbocycles. The standard InChI is InChI=1S/C21H27N5O2.CH2O2/c1-13-20(23-12-24-21(13)28-18-6-5-7-22-14(18)2)26(4)17-8-15-10-19(27)25(3)11-16(15)9-17;2-1-3/h5-7,12,15-17H,8-11H2,1-4H3;1H,(H,2,3)/t15-,16+,17-;/m0./s1. The predicted molar refractivity (Wildman–Crippen MR) is 115 cm³/mol. The lowest BCUT2D eigenvalue weighted by Gasteiger charge is -2.31. The Hall–Kier alpha value is -3.23. The smallest absolute Gasteiger partial charge is 0.290 e. The van der Waals surface area contributed by atoms with Crippen LogP contribution < -0.4 is 9.64 Å². The summed E-state index contributed by atoms with van der Waals surface area (Å²) in [4.78, 5) is 37.7. The Kier molecular flexibility index (Phi) is 7.04. The minimum absolute atomic E-state index is 0.250. The summed E-state index contributed by atoms with van der Waals surface area (Å²) < 4.78 is 6.02. The first kappa shape index (κ1) is 22.5. The number of pyridine rings is 1. The summed E-state index contributed by atoms with van der Waals surface area (Å²) in [5.41, 5.74) is 1.74. The highest BCUT2D eigenvalue weighted by Gasteiger charge is 2.42. The number of aromatic nitrogens is 3. The number of fused-ring (bicyclic) bond motifs is 1. The maximum atomic E-state index is 12.1. The number of nitrogens with zero attached hydrogens (tertiary/aromatic N) is 5. The Labute approximate surface area is 182 Å². The van der Waals surface area contributed by atoms with Crippen LogP contribution in [0.1, 0.15) is 30.5 Å². The maximum absolute atomic E-state index is 12.1. The molecule has 0 spiro atoms. The Morgan fingerprint density at radius 1 is 1.23 bits per heavy atom. The van der Waals surface area contributed by atoms with Crippen molar-refractivity contribution in [2.75, 3.05) is 25.5 Å². The monoisotopic (exact) mass is 427 g/mol. The van der Waals surface area contributed by atoms with Gasteiger partial charge in [0.05, 0.1) is 11.3 Å². The van der Waals surface area contributed by atoms with Crippen LogP contribution in [0.4, 0.5) is 5.82 Å². The third-order valence-corrected chi connectivity index (χ3v) is 6.25. The van der Waals surface area contributed by atoms with Gasteiger partial charge >= 0.3 is 0 Å². The van der Waals surface area contributed by atoms with Gasteiger partial charge in [-0.15, -0.1) is 0 Å². The first-order valence-corrected chi connectivity index (χ1v) is 10.3. The van der Waals surface area contributed by atoms with Gasteiger partial charge in [0.25, 0.3) is 6.47 Å². The summed E-state index contributed by atoms with van der Waals surface area (Å²) in [5.74, 6) is 3.46. The van der Waals surface area contributed by atoms with Crippen molar-refractivity contribution in [2.45, 2.75) is 39.2 Å². The van der Waals surface area contributed by atoms with Gasteiger partial charge in [-0.05, 0) is 50.7 Å². The van der Waals surface area contributed by atoms with Crippen molar-refractivity contribution >= 4 is 18.2 Å². The summed E-state index contributed by atoms with van der Waals surface area (Å²) in [5, 5.41) is 6.89. The van der Waals surface area contributed by atoms with E-state index >= 15 is 0 Å². The van der Waals surface area contributed by atoms with Crippen molar-refractivity contribution in [1.29, 1.82) is 0 Å². The molecule has 9 heteroatoms. The largest absolute Gasteiger partial charge is 0.483 e. The summed E-state index contributed by atoms with van der Waals surface area (Å²) in [6.07, 6.45) is 6.08. The van der Waals surface area contributed by atoms with Crippen LogP contribution in [0.2, 0.25) is 0 Å². The molecule has 1 amide bonds. The Morgan fingerprint density at radius 2 is 1.94 bits per heavy atom. The summed E-state index contributed by atoms with van der Waals surface area (Å²) in [6.45, 7) is 4.52. The topological polar surface area (TPSA) is 109 Å². The molecular formula is C22H29N5O4. The first-order valence-electron chi connectivity index (χ1n) is 10.3. The van der Waals surface area contributed by atoms with Crippen molar-refractivity contribution in [1.82, 2.24) is 19.9 Å². The number of carboxylic acid groups (broad SMARTS) is 1. The SMILES string of the molecule is Cc1ncccc1Oc1ncnc(N(C)[C@H]2C[C@H]3CC(=O)N(C)C[C@H]3C2)c1C.O=CO. The molecular weight excluding hydrogens is 398 g/mol. The molecule has 2 aliphatic rings. The van der Waals surface area contributed by atoms with Crippen LogP contribution in [-0.4, -0.2) is 64.0 Å². The second-order valence-electron chi connectivity index (χ2n) is 8.16. The molecule has 0 bridgehead atoms. The number of rotatable bonds is 4. The second-order valence-corrected chi connectivity index (χ2v) is 8.16. The van der Waals surface area contributed by atoms with Crippen LogP contribution in [0.15, 0.2) is 24.7 Å². The average Bonchev–Trinajstić information content (AvgIpc) is 3.14. The molecule has 31 heavy (non-hydrogen) atoms. The molecule has 1 saturated heterocycles. The zero-order chi connectivity index (χ0) is 22.5. The van der Waals surface area contributed by atoms with E-state index in [1.54, 1.807) is 12.5 Å². The molecule has 4 rings (SSSR count). The molecule has 2 aromatic heterocycles. The van der Waals surface area contributed by atoms with Gasteiger partial charge in [0, 0.05) is 39.3 Å². The van der Waals surface area contributed by atoms with E-state index in [2.05, 4.69) is 26.9 Å². The molecule has 1 saturated carbocycles. The normalized spacial score (nSPS) is 22.3. The number of ether oxygens (including phenoxy) is 1. The molecule has 2 fully saturated rings. The van der Waals surface area contributed by atoms with E-state index in [0.717, 1.165) is 36.5 Å². The third kappa shape index (κ3) is 4.92. The van der Waals surface area contributed by atoms with E-state index in [4.69, 9.17) is 14.6 Å². The second kappa shape index (κ2) is 9.72. The molecule has 3 atom stereocenters. The van der Waals surface area contributed by atoms with Crippen molar-refractivity contribution in [2.24, 2.45) is 11.8 Å². The number of carbonyl (C=O) groups excluding carboxylic acids is 1. The minimum Gasteiger partial charge on any atom is -0.483 e. The van der Waals surface area contributed by atoms with Gasteiger partial charge in [0.2, 0.25) is 11.8 Å². The van der Waals surface area contributed by atoms with E-state index in [1.165, 1.54) is 0 Å². The van der Waals surface area contributed by atoms with Crippen LogP contribution in [0.5, 0.6) is 11.6 Å². The van der Waals surface area contributed by atoms with E-state index in [-0.39, 0.29) is 12.4 Å². The third-order valence-electron chi connectivity index (χ3n) is 6.25. The van der Waals surface area contributed by atoms with Crippen LogP contribution in [-0.2, 0) is 9.59 Å². The van der Waals surface area contributed by atoms with Gasteiger partial charge < -0.3 is 19.6 Å². The number of amides is 1. The molecule has 1 aliphatic heterocycles. The number of aryl methyl sites for hydroxylation is 1. The summed E-state index contributed by atoms with van der Waals surface area (Å²) >= 11 is 0. The highest BCUT2D eigenvalue weighted by Crippen LogP contribution is 2.41. The zero-order valence-electron chi connectivity index (χ0n) is 18.4. The van der Waals surface area contributed by atoms with Gasteiger partial charge in [0.1, 0.15) is 12.1 Å². The van der Waals surface area contributed by atoms with E-state index < -0.39 is 0 Å². The molecule has 0 unspecified atom stereocenters. The van der Waals surface area contributed by atoms with Gasteiger partial charge in [-0.2, -0.15) is 0 Å². The van der Waals surface area contributed by atoms with Crippen LogP contribution >= 0.6 is 0 Å². The highest BCUT2D eigenvalue weighted by atomic mass is 16.5. The first-order chi connectivity index (χ1) is 14.8. The quantitative estimate of drug-likeness (QED) is 0.742. The van der Waals surface area contributed by atoms with Gasteiger partial charge in [-0.3, -0.25) is 14.6 Å². The van der Waals surface area contributed by atoms with E-state index in [9.17, 15) is 4.79 Å². The molecule has 9 nitrogen and oxygen atoms in total. The van der Waals surface area contributed by atoms with E-state index in [0.29, 0.717) is 35.9 Å².